The summed E-state index contributed by atoms with van der Waals surface area (Å²) in [4.78, 5) is 11.1. The van der Waals surface area contributed by atoms with Crippen molar-refractivity contribution in [3.05, 3.63) is 6.20 Å². The van der Waals surface area contributed by atoms with Gasteiger partial charge >= 0.3 is 5.97 Å². The molecule has 0 aliphatic carbocycles. The number of rotatable bonds is 4. The first-order chi connectivity index (χ1) is 6.15. The number of carboxylic acids is 1. The Labute approximate surface area is 79.7 Å². The number of hydrogen-bond donors (Lipinski definition) is 1. The van der Waals surface area contributed by atoms with Crippen molar-refractivity contribution in [3.8, 4) is 5.88 Å². The van der Waals surface area contributed by atoms with E-state index in [1.807, 2.05) is 6.26 Å². The van der Waals surface area contributed by atoms with Gasteiger partial charge in [0, 0.05) is 7.05 Å². The second kappa shape index (κ2) is 4.18. The Kier molecular flexibility index (Phi) is 3.18. The molecule has 72 valence electrons. The molecular formula is C7H10N2O3S. The second-order valence-corrected chi connectivity index (χ2v) is 3.17. The maximum Gasteiger partial charge on any atom is 0.341 e. The standard InChI is InChI=1S/C7H10N2O3S/c1-9-7(12-4-6(10)11)5(13-2)3-8-9/h3H,4H2,1-2H3,(H,10,11). The minimum atomic E-state index is -0.992. The van der Waals surface area contributed by atoms with Crippen LogP contribution in [0.2, 0.25) is 0 Å². The molecule has 0 bridgehead atoms. The molecule has 1 N–H and O–H groups in total. The lowest BCUT2D eigenvalue weighted by atomic mass is 10.6. The van der Waals surface area contributed by atoms with Crippen molar-refractivity contribution in [1.82, 2.24) is 9.78 Å². The van der Waals surface area contributed by atoms with E-state index in [-0.39, 0.29) is 6.61 Å². The monoisotopic (exact) mass is 202 g/mol. The van der Waals surface area contributed by atoms with Crippen LogP contribution in [0.25, 0.3) is 0 Å². The number of ether oxygens (including phenoxy) is 1. The zero-order valence-electron chi connectivity index (χ0n) is 7.35. The molecule has 0 aliphatic rings. The molecule has 1 aromatic rings. The van der Waals surface area contributed by atoms with Gasteiger partial charge in [-0.2, -0.15) is 5.10 Å². The molecule has 0 amide bonds. The molecule has 1 heterocycles. The highest BCUT2D eigenvalue weighted by molar-refractivity contribution is 7.98. The molecule has 6 heteroatoms. The zero-order valence-corrected chi connectivity index (χ0v) is 8.17. The summed E-state index contributed by atoms with van der Waals surface area (Å²) in [5.41, 5.74) is 0. The molecule has 13 heavy (non-hydrogen) atoms. The molecule has 1 rings (SSSR count). The third kappa shape index (κ3) is 2.38. The van der Waals surface area contributed by atoms with Crippen molar-refractivity contribution in [2.75, 3.05) is 12.9 Å². The van der Waals surface area contributed by atoms with E-state index < -0.39 is 5.97 Å². The number of thioether (sulfide) groups is 1. The maximum absolute atomic E-state index is 10.2. The Hall–Kier alpha value is -1.17. The van der Waals surface area contributed by atoms with Crippen LogP contribution in [0.4, 0.5) is 0 Å². The lowest BCUT2D eigenvalue weighted by Crippen LogP contribution is -2.11. The predicted molar refractivity (Wildman–Crippen MR) is 48.1 cm³/mol. The van der Waals surface area contributed by atoms with Crippen LogP contribution in [0.15, 0.2) is 11.1 Å². The maximum atomic E-state index is 10.2. The third-order valence-electron chi connectivity index (χ3n) is 1.41. The normalized spacial score (nSPS) is 10.0. The summed E-state index contributed by atoms with van der Waals surface area (Å²) in [5.74, 6) is -0.497. The van der Waals surface area contributed by atoms with Crippen molar-refractivity contribution in [1.29, 1.82) is 0 Å². The van der Waals surface area contributed by atoms with E-state index in [2.05, 4.69) is 5.10 Å². The highest BCUT2D eigenvalue weighted by Crippen LogP contribution is 2.25. The van der Waals surface area contributed by atoms with Gasteiger partial charge in [-0.1, -0.05) is 0 Å². The molecule has 5 nitrogen and oxygen atoms in total. The van der Waals surface area contributed by atoms with Crippen LogP contribution in [-0.4, -0.2) is 33.7 Å². The van der Waals surface area contributed by atoms with Gasteiger partial charge in [0.2, 0.25) is 5.88 Å². The van der Waals surface area contributed by atoms with Gasteiger partial charge in [-0.25, -0.2) is 9.48 Å². The molecule has 0 radical (unpaired) electrons. The van der Waals surface area contributed by atoms with E-state index in [1.165, 1.54) is 16.4 Å². The van der Waals surface area contributed by atoms with E-state index in [9.17, 15) is 4.79 Å². The molecule has 0 atom stereocenters. The van der Waals surface area contributed by atoms with Crippen LogP contribution in [0.3, 0.4) is 0 Å². The Morgan fingerprint density at radius 1 is 1.85 bits per heavy atom. The van der Waals surface area contributed by atoms with Crippen LogP contribution in [-0.2, 0) is 11.8 Å². The zero-order chi connectivity index (χ0) is 9.84. The molecule has 0 saturated carbocycles. The van der Waals surface area contributed by atoms with Crippen LogP contribution in [0.5, 0.6) is 5.88 Å². The molecular weight excluding hydrogens is 192 g/mol. The Balaban J connectivity index is 2.73. The van der Waals surface area contributed by atoms with Gasteiger partial charge in [-0.15, -0.1) is 11.8 Å². The van der Waals surface area contributed by atoms with Crippen molar-refractivity contribution in [2.24, 2.45) is 7.05 Å². The lowest BCUT2D eigenvalue weighted by Gasteiger charge is -2.04. The molecule has 1 aromatic heterocycles. The van der Waals surface area contributed by atoms with Gasteiger partial charge in [0.15, 0.2) is 6.61 Å². The summed E-state index contributed by atoms with van der Waals surface area (Å²) in [6, 6.07) is 0. The van der Waals surface area contributed by atoms with E-state index in [4.69, 9.17) is 9.84 Å². The Bertz CT molecular complexity index is 311. The second-order valence-electron chi connectivity index (χ2n) is 2.32. The average Bonchev–Trinajstić information content (AvgIpc) is 2.43. The van der Waals surface area contributed by atoms with Crippen LogP contribution < -0.4 is 4.74 Å². The Morgan fingerprint density at radius 2 is 2.54 bits per heavy atom. The van der Waals surface area contributed by atoms with Gasteiger partial charge in [-0.3, -0.25) is 0 Å². The fraction of sp³-hybridized carbons (Fsp3) is 0.429. The first-order valence-electron chi connectivity index (χ1n) is 3.55. The van der Waals surface area contributed by atoms with E-state index in [1.54, 1.807) is 13.2 Å². The van der Waals surface area contributed by atoms with Gasteiger partial charge < -0.3 is 9.84 Å². The summed E-state index contributed by atoms with van der Waals surface area (Å²) >= 11 is 1.47. The van der Waals surface area contributed by atoms with Gasteiger partial charge in [0.25, 0.3) is 0 Å². The topological polar surface area (TPSA) is 64.4 Å². The predicted octanol–water partition coefficient (Wildman–Crippen LogP) is 0.605. The van der Waals surface area contributed by atoms with E-state index >= 15 is 0 Å². The number of aromatic nitrogens is 2. The molecule has 0 saturated heterocycles. The fourth-order valence-corrected chi connectivity index (χ4v) is 1.36. The van der Waals surface area contributed by atoms with Crippen LogP contribution in [0.1, 0.15) is 0 Å². The van der Waals surface area contributed by atoms with Crippen LogP contribution >= 0.6 is 11.8 Å². The summed E-state index contributed by atoms with van der Waals surface area (Å²) in [5, 5.41) is 12.3. The number of carbonyl (C=O) groups is 1. The lowest BCUT2D eigenvalue weighted by molar-refractivity contribution is -0.139. The fourth-order valence-electron chi connectivity index (χ4n) is 0.841. The third-order valence-corrected chi connectivity index (χ3v) is 2.13. The average molecular weight is 202 g/mol. The number of aryl methyl sites for hydroxylation is 1. The van der Waals surface area contributed by atoms with Gasteiger partial charge in [0.1, 0.15) is 0 Å². The number of hydrogen-bond acceptors (Lipinski definition) is 4. The number of nitrogens with zero attached hydrogens (tertiary/aromatic N) is 2. The molecule has 0 aliphatic heterocycles. The molecule has 0 unspecified atom stereocenters. The van der Waals surface area contributed by atoms with Gasteiger partial charge in [-0.05, 0) is 6.26 Å². The SMILES string of the molecule is CSc1cnn(C)c1OCC(=O)O. The van der Waals surface area contributed by atoms with E-state index in [0.717, 1.165) is 4.90 Å². The minimum Gasteiger partial charge on any atom is -0.479 e. The molecule has 0 fully saturated rings. The van der Waals surface area contributed by atoms with Crippen LogP contribution in [0, 0.1) is 0 Å². The summed E-state index contributed by atoms with van der Waals surface area (Å²) in [6.07, 6.45) is 3.52. The highest BCUT2D eigenvalue weighted by atomic mass is 32.2. The van der Waals surface area contributed by atoms with Crippen molar-refractivity contribution in [2.45, 2.75) is 4.90 Å². The van der Waals surface area contributed by atoms with Crippen molar-refractivity contribution >= 4 is 17.7 Å². The van der Waals surface area contributed by atoms with Crippen molar-refractivity contribution in [3.63, 3.8) is 0 Å². The van der Waals surface area contributed by atoms with Crippen molar-refractivity contribution < 1.29 is 14.6 Å². The number of aliphatic carboxylic acids is 1. The molecule has 0 spiro atoms. The summed E-state index contributed by atoms with van der Waals surface area (Å²) in [7, 11) is 1.71. The summed E-state index contributed by atoms with van der Waals surface area (Å²) < 4.78 is 6.55. The Morgan fingerprint density at radius 3 is 3.08 bits per heavy atom. The quantitative estimate of drug-likeness (QED) is 0.724. The van der Waals surface area contributed by atoms with E-state index in [0.29, 0.717) is 5.88 Å². The largest absolute Gasteiger partial charge is 0.479 e. The number of carboxylic acid groups (broad SMARTS) is 1. The smallest absolute Gasteiger partial charge is 0.341 e. The first-order valence-corrected chi connectivity index (χ1v) is 4.78. The first kappa shape index (κ1) is 9.91. The van der Waals surface area contributed by atoms with Gasteiger partial charge in [0.05, 0.1) is 11.1 Å². The summed E-state index contributed by atoms with van der Waals surface area (Å²) in [6.45, 7) is -0.340. The highest BCUT2D eigenvalue weighted by Gasteiger charge is 2.09. The minimum absolute atomic E-state index is 0.340. The molecule has 0 aromatic carbocycles.